The van der Waals surface area contributed by atoms with Crippen LogP contribution in [0.1, 0.15) is 51.1 Å². The maximum Gasteiger partial charge on any atom is 0.250 e. The van der Waals surface area contributed by atoms with E-state index in [-0.39, 0.29) is 18.4 Å². The molecule has 3 amide bonds. The van der Waals surface area contributed by atoms with Crippen molar-refractivity contribution < 1.29 is 24.2 Å². The van der Waals surface area contributed by atoms with Crippen LogP contribution in [0.5, 0.6) is 0 Å². The Morgan fingerprint density at radius 2 is 1.82 bits per heavy atom. The first-order valence-electron chi connectivity index (χ1n) is 13.3. The van der Waals surface area contributed by atoms with E-state index in [1.165, 1.54) is 4.90 Å². The van der Waals surface area contributed by atoms with Crippen molar-refractivity contribution in [2.24, 2.45) is 11.8 Å². The summed E-state index contributed by atoms with van der Waals surface area (Å²) in [5.41, 5.74) is -0.910. The number of aliphatic hydroxyl groups excluding tert-OH is 1. The van der Waals surface area contributed by atoms with E-state index in [0.29, 0.717) is 42.1 Å². The van der Waals surface area contributed by atoms with Gasteiger partial charge in [0, 0.05) is 6.54 Å². The van der Waals surface area contributed by atoms with Gasteiger partial charge in [0.1, 0.15) is 11.6 Å². The normalized spacial score (nSPS) is 30.3. The first-order chi connectivity index (χ1) is 18.3. The second kappa shape index (κ2) is 10.3. The maximum absolute atomic E-state index is 14.4. The molecule has 3 fully saturated rings. The molecule has 0 saturated carbocycles. The molecule has 3 aliphatic rings. The lowest BCUT2D eigenvalue weighted by Gasteiger charge is -2.37. The highest BCUT2D eigenvalue weighted by molar-refractivity contribution is 6.33. The quantitative estimate of drug-likeness (QED) is 0.450. The lowest BCUT2D eigenvalue weighted by Crippen LogP contribution is -2.54. The average molecular weight is 540 g/mol. The van der Waals surface area contributed by atoms with Crippen LogP contribution in [-0.4, -0.2) is 58.1 Å². The Morgan fingerprint density at radius 1 is 1.11 bits per heavy atom. The highest BCUT2D eigenvalue weighted by Gasteiger charge is 2.79. The number of carbonyl (C=O) groups excluding carboxylic acids is 3. The van der Waals surface area contributed by atoms with Gasteiger partial charge in [0.2, 0.25) is 17.7 Å². The predicted octanol–water partition coefficient (Wildman–Crippen LogP) is 3.69. The van der Waals surface area contributed by atoms with Crippen molar-refractivity contribution in [1.29, 1.82) is 0 Å². The number of hydrogen-bond acceptors (Lipinski definition) is 5. The zero-order valence-electron chi connectivity index (χ0n) is 21.7. The molecule has 0 aromatic heterocycles. The third-order valence-electron chi connectivity index (χ3n) is 8.52. The van der Waals surface area contributed by atoms with Crippen molar-refractivity contribution in [3.8, 4) is 0 Å². The van der Waals surface area contributed by atoms with Crippen LogP contribution in [0.4, 0.5) is 5.69 Å². The van der Waals surface area contributed by atoms with Gasteiger partial charge in [-0.05, 0) is 43.4 Å². The smallest absolute Gasteiger partial charge is 0.250 e. The summed E-state index contributed by atoms with van der Waals surface area (Å²) in [6, 6.07) is 14.2. The van der Waals surface area contributed by atoms with Crippen molar-refractivity contribution in [2.45, 2.75) is 62.8 Å². The zero-order valence-corrected chi connectivity index (χ0v) is 22.4. The number of rotatable bonds is 9. The minimum Gasteiger partial charge on any atom is -0.394 e. The number of nitrogens with zero attached hydrogens (tertiary/aromatic N) is 1. The Bertz CT molecular complexity index is 1230. The third-order valence-corrected chi connectivity index (χ3v) is 8.85. The molecule has 2 aromatic carbocycles. The Balaban J connectivity index is 1.62. The van der Waals surface area contributed by atoms with Gasteiger partial charge >= 0.3 is 0 Å². The summed E-state index contributed by atoms with van der Waals surface area (Å²) >= 11 is 6.35. The van der Waals surface area contributed by atoms with Gasteiger partial charge in [0.05, 0.1) is 40.8 Å². The van der Waals surface area contributed by atoms with E-state index in [1.807, 2.05) is 44.2 Å². The number of amides is 3. The summed E-state index contributed by atoms with van der Waals surface area (Å²) in [4.78, 5) is 43.5. The number of halogens is 1. The van der Waals surface area contributed by atoms with Crippen molar-refractivity contribution >= 4 is 35.0 Å². The Morgan fingerprint density at radius 3 is 2.47 bits per heavy atom. The fourth-order valence-corrected chi connectivity index (χ4v) is 7.02. The molecule has 6 atom stereocenters. The van der Waals surface area contributed by atoms with Crippen LogP contribution < -0.4 is 10.6 Å². The molecular formula is C29H34ClN3O5. The van der Waals surface area contributed by atoms with E-state index in [9.17, 15) is 19.5 Å². The minimum atomic E-state index is -1.20. The van der Waals surface area contributed by atoms with E-state index in [1.54, 1.807) is 24.3 Å². The van der Waals surface area contributed by atoms with Crippen LogP contribution in [0.2, 0.25) is 5.02 Å². The number of aliphatic hydroxyl groups is 1. The van der Waals surface area contributed by atoms with Crippen LogP contribution in [0, 0.1) is 11.8 Å². The largest absolute Gasteiger partial charge is 0.394 e. The molecule has 1 spiro atoms. The molecule has 8 nitrogen and oxygen atoms in total. The molecular weight excluding hydrogens is 506 g/mol. The molecule has 3 heterocycles. The number of fused-ring (bicyclic) bond motifs is 1. The van der Waals surface area contributed by atoms with Gasteiger partial charge in [-0.25, -0.2) is 0 Å². The number of ether oxygens (including phenoxy) is 1. The first-order valence-corrected chi connectivity index (χ1v) is 13.7. The summed E-state index contributed by atoms with van der Waals surface area (Å²) in [6.45, 7) is 4.03. The molecule has 5 rings (SSSR count). The van der Waals surface area contributed by atoms with Crippen molar-refractivity contribution in [3.05, 3.63) is 65.2 Å². The summed E-state index contributed by atoms with van der Waals surface area (Å²) in [7, 11) is 0. The minimum absolute atomic E-state index is 0.221. The van der Waals surface area contributed by atoms with Gasteiger partial charge in [0.25, 0.3) is 0 Å². The molecule has 202 valence electrons. The fraction of sp³-hybridized carbons (Fsp3) is 0.483. The van der Waals surface area contributed by atoms with Gasteiger partial charge in [-0.2, -0.15) is 0 Å². The maximum atomic E-state index is 14.4. The molecule has 2 aromatic rings. The van der Waals surface area contributed by atoms with Gasteiger partial charge < -0.3 is 25.4 Å². The highest BCUT2D eigenvalue weighted by atomic mass is 35.5. The second-order valence-corrected chi connectivity index (χ2v) is 10.9. The summed E-state index contributed by atoms with van der Waals surface area (Å²) in [5, 5.41) is 16.8. The third kappa shape index (κ3) is 4.01. The van der Waals surface area contributed by atoms with Gasteiger partial charge in [-0.1, -0.05) is 67.9 Å². The van der Waals surface area contributed by atoms with E-state index in [2.05, 4.69) is 10.6 Å². The summed E-state index contributed by atoms with van der Waals surface area (Å²) < 4.78 is 6.77. The number of benzene rings is 2. The van der Waals surface area contributed by atoms with Crippen LogP contribution in [0.3, 0.4) is 0 Å². The number of carbonyl (C=O) groups is 3. The first kappa shape index (κ1) is 26.7. The highest BCUT2D eigenvalue weighted by Crippen LogP contribution is 2.65. The summed E-state index contributed by atoms with van der Waals surface area (Å²) in [6.07, 6.45) is 2.33. The predicted molar refractivity (Wildman–Crippen MR) is 143 cm³/mol. The molecule has 0 radical (unpaired) electrons. The zero-order chi connectivity index (χ0) is 27.1. The molecule has 0 aliphatic carbocycles. The van der Waals surface area contributed by atoms with Crippen LogP contribution in [-0.2, 0) is 19.1 Å². The monoisotopic (exact) mass is 539 g/mol. The van der Waals surface area contributed by atoms with E-state index >= 15 is 0 Å². The molecule has 3 saturated heterocycles. The molecule has 38 heavy (non-hydrogen) atoms. The van der Waals surface area contributed by atoms with Gasteiger partial charge in [-0.15, -0.1) is 0 Å². The Hall–Kier alpha value is -2.94. The second-order valence-electron chi connectivity index (χ2n) is 10.4. The fourth-order valence-electron chi connectivity index (χ4n) is 6.84. The van der Waals surface area contributed by atoms with Crippen molar-refractivity contribution in [1.82, 2.24) is 10.2 Å². The lowest BCUT2D eigenvalue weighted by atomic mass is 9.65. The van der Waals surface area contributed by atoms with Gasteiger partial charge in [-0.3, -0.25) is 14.4 Å². The number of anilines is 1. The lowest BCUT2D eigenvalue weighted by molar-refractivity contribution is -0.149. The molecule has 3 aliphatic heterocycles. The standard InChI is InChI=1S/C29H34ClN3O5/c1-3-16-31-25(35)22-23-27(37)33(21(17-34)18-10-6-5-7-11-18)24(29(23)15-14-28(22,4-2)38-29)26(36)32-20-13-9-8-12-19(20)30/h5-13,21-24,34H,3-4,14-17H2,1-2H3,(H,31,35)(H,32,36)/t21-,22-,23+,24?,28+,29?/m1/s1. The number of nitrogens with one attached hydrogen (secondary N) is 2. The van der Waals surface area contributed by atoms with Gasteiger partial charge in [0.15, 0.2) is 0 Å². The van der Waals surface area contributed by atoms with Crippen molar-refractivity contribution in [2.75, 3.05) is 18.5 Å². The Labute approximate surface area is 227 Å². The average Bonchev–Trinajstić information content (AvgIpc) is 3.53. The van der Waals surface area contributed by atoms with Crippen LogP contribution in [0.15, 0.2) is 54.6 Å². The van der Waals surface area contributed by atoms with Crippen LogP contribution >= 0.6 is 11.6 Å². The molecule has 2 unspecified atom stereocenters. The van der Waals surface area contributed by atoms with E-state index in [0.717, 1.165) is 6.42 Å². The molecule has 3 N–H and O–H groups in total. The van der Waals surface area contributed by atoms with E-state index in [4.69, 9.17) is 16.3 Å². The SMILES string of the molecule is CCCNC(=O)[C@H]1[C@H]2C(=O)N([C@H](CO)c3ccccc3)C(C(=O)Nc3ccccc3Cl)C23CC[C@]1(CC)O3. The van der Waals surface area contributed by atoms with Crippen LogP contribution in [0.25, 0.3) is 0 Å². The number of likely N-dealkylation sites (tertiary alicyclic amines) is 1. The molecule has 9 heteroatoms. The van der Waals surface area contributed by atoms with E-state index < -0.39 is 41.0 Å². The summed E-state index contributed by atoms with van der Waals surface area (Å²) in [5.74, 6) is -2.59. The number of para-hydroxylation sites is 1. The van der Waals surface area contributed by atoms with Crippen molar-refractivity contribution in [3.63, 3.8) is 0 Å². The number of hydrogen-bond donors (Lipinski definition) is 3. The molecule has 2 bridgehead atoms. The Kier molecular flexibility index (Phi) is 7.24. The topological polar surface area (TPSA) is 108 Å².